The van der Waals surface area contributed by atoms with Crippen LogP contribution in [0, 0.1) is 0 Å². The number of benzene rings is 2. The van der Waals surface area contributed by atoms with Gasteiger partial charge in [0.2, 0.25) is 0 Å². The molecular weight excluding hydrogens is 266 g/mol. The van der Waals surface area contributed by atoms with Crippen LogP contribution in [0.1, 0.15) is 5.56 Å². The van der Waals surface area contributed by atoms with Crippen LogP contribution in [-0.2, 0) is 6.42 Å². The summed E-state index contributed by atoms with van der Waals surface area (Å²) in [6.45, 7) is 0.684. The largest absolute Gasteiger partial charge is 0.330 e. The fourth-order valence-electron chi connectivity index (χ4n) is 2.06. The first-order valence-electron chi connectivity index (χ1n) is 6.53. The molecule has 0 amide bonds. The van der Waals surface area contributed by atoms with Crippen molar-refractivity contribution in [1.82, 2.24) is 9.97 Å². The summed E-state index contributed by atoms with van der Waals surface area (Å²) in [4.78, 5) is 9.85. The molecule has 0 spiro atoms. The Morgan fingerprint density at radius 3 is 2.55 bits per heavy atom. The third-order valence-electron chi connectivity index (χ3n) is 3.08. The van der Waals surface area contributed by atoms with Crippen LogP contribution < -0.4 is 5.73 Å². The number of hydrogen-bond donors (Lipinski definition) is 1. The van der Waals surface area contributed by atoms with Gasteiger partial charge in [-0.3, -0.25) is 0 Å². The average molecular weight is 281 g/mol. The summed E-state index contributed by atoms with van der Waals surface area (Å²) in [5, 5.41) is 2.08. The van der Waals surface area contributed by atoms with E-state index in [0.29, 0.717) is 6.54 Å². The number of aromatic nitrogens is 2. The van der Waals surface area contributed by atoms with Crippen molar-refractivity contribution in [3.05, 3.63) is 60.4 Å². The number of nitrogens with zero attached hydrogens (tertiary/aromatic N) is 2. The van der Waals surface area contributed by atoms with E-state index in [0.717, 1.165) is 22.3 Å². The van der Waals surface area contributed by atoms with Gasteiger partial charge in [-0.1, -0.05) is 42.1 Å². The van der Waals surface area contributed by atoms with E-state index >= 15 is 0 Å². The number of rotatable bonds is 4. The predicted octanol–water partition coefficient (Wildman–Crippen LogP) is 3.28. The molecule has 2 aromatic carbocycles. The van der Waals surface area contributed by atoms with Crippen LogP contribution in [0.15, 0.2) is 64.8 Å². The van der Waals surface area contributed by atoms with E-state index in [1.54, 1.807) is 18.1 Å². The molecule has 1 heterocycles. The van der Waals surface area contributed by atoms with Crippen LogP contribution in [0.25, 0.3) is 10.9 Å². The zero-order valence-corrected chi connectivity index (χ0v) is 11.8. The standard InChI is InChI=1S/C16H15N3S/c17-10-9-12-5-7-13(8-6-12)20-16-14-3-1-2-4-15(14)18-11-19-16/h1-8,11H,9-10,17H2. The lowest BCUT2D eigenvalue weighted by Crippen LogP contribution is -2.02. The second kappa shape index (κ2) is 6.03. The fraction of sp³-hybridized carbons (Fsp3) is 0.125. The smallest absolute Gasteiger partial charge is 0.117 e. The number of fused-ring (bicyclic) bond motifs is 1. The molecule has 0 aliphatic heterocycles. The number of para-hydroxylation sites is 1. The molecule has 0 aliphatic rings. The molecule has 1 aromatic heterocycles. The van der Waals surface area contributed by atoms with Gasteiger partial charge in [-0.25, -0.2) is 9.97 Å². The molecule has 3 nitrogen and oxygen atoms in total. The zero-order chi connectivity index (χ0) is 13.8. The van der Waals surface area contributed by atoms with Crippen molar-refractivity contribution in [3.63, 3.8) is 0 Å². The molecular formula is C16H15N3S. The van der Waals surface area contributed by atoms with Crippen molar-refractivity contribution >= 4 is 22.7 Å². The molecule has 4 heteroatoms. The maximum atomic E-state index is 5.56. The van der Waals surface area contributed by atoms with Gasteiger partial charge in [0.1, 0.15) is 11.4 Å². The summed E-state index contributed by atoms with van der Waals surface area (Å²) in [5.74, 6) is 0. The van der Waals surface area contributed by atoms with Gasteiger partial charge in [0.15, 0.2) is 0 Å². The van der Waals surface area contributed by atoms with Crippen LogP contribution in [-0.4, -0.2) is 16.5 Å². The molecule has 20 heavy (non-hydrogen) atoms. The fourth-order valence-corrected chi connectivity index (χ4v) is 2.94. The maximum absolute atomic E-state index is 5.56. The van der Waals surface area contributed by atoms with Gasteiger partial charge in [-0.15, -0.1) is 0 Å². The summed E-state index contributed by atoms with van der Waals surface area (Å²) in [7, 11) is 0. The highest BCUT2D eigenvalue weighted by Gasteiger charge is 2.05. The van der Waals surface area contributed by atoms with Gasteiger partial charge in [0.25, 0.3) is 0 Å². The average Bonchev–Trinajstić information content (AvgIpc) is 2.50. The monoisotopic (exact) mass is 281 g/mol. The Balaban J connectivity index is 1.89. The summed E-state index contributed by atoms with van der Waals surface area (Å²) >= 11 is 1.66. The van der Waals surface area contributed by atoms with Gasteiger partial charge in [0.05, 0.1) is 5.52 Å². The molecule has 100 valence electrons. The highest BCUT2D eigenvalue weighted by molar-refractivity contribution is 7.99. The van der Waals surface area contributed by atoms with Crippen molar-refractivity contribution < 1.29 is 0 Å². The van der Waals surface area contributed by atoms with Crippen molar-refractivity contribution in [2.24, 2.45) is 5.73 Å². The Morgan fingerprint density at radius 2 is 1.75 bits per heavy atom. The lowest BCUT2D eigenvalue weighted by molar-refractivity contribution is 0.966. The van der Waals surface area contributed by atoms with Crippen LogP contribution >= 0.6 is 11.8 Å². The highest BCUT2D eigenvalue weighted by Crippen LogP contribution is 2.30. The molecule has 0 saturated carbocycles. The van der Waals surface area contributed by atoms with E-state index < -0.39 is 0 Å². The van der Waals surface area contributed by atoms with E-state index in [1.165, 1.54) is 10.5 Å². The molecule has 0 bridgehead atoms. The van der Waals surface area contributed by atoms with Crippen molar-refractivity contribution in [1.29, 1.82) is 0 Å². The van der Waals surface area contributed by atoms with Gasteiger partial charge in [-0.2, -0.15) is 0 Å². The van der Waals surface area contributed by atoms with Gasteiger partial charge < -0.3 is 5.73 Å². The van der Waals surface area contributed by atoms with E-state index in [4.69, 9.17) is 5.73 Å². The predicted molar refractivity (Wildman–Crippen MR) is 82.9 cm³/mol. The Bertz CT molecular complexity index is 705. The van der Waals surface area contributed by atoms with Crippen molar-refractivity contribution in [3.8, 4) is 0 Å². The molecule has 0 aliphatic carbocycles. The minimum absolute atomic E-state index is 0.684. The topological polar surface area (TPSA) is 51.8 Å². The molecule has 0 radical (unpaired) electrons. The van der Waals surface area contributed by atoms with Gasteiger partial charge in [0, 0.05) is 10.3 Å². The molecule has 0 fully saturated rings. The van der Waals surface area contributed by atoms with E-state index in [-0.39, 0.29) is 0 Å². The quantitative estimate of drug-likeness (QED) is 0.746. The molecule has 3 rings (SSSR count). The Kier molecular flexibility index (Phi) is 3.95. The Morgan fingerprint density at radius 1 is 0.950 bits per heavy atom. The van der Waals surface area contributed by atoms with E-state index in [1.807, 2.05) is 18.2 Å². The highest BCUT2D eigenvalue weighted by atomic mass is 32.2. The van der Waals surface area contributed by atoms with Crippen molar-refractivity contribution in [2.45, 2.75) is 16.3 Å². The Hall–Kier alpha value is -1.91. The summed E-state index contributed by atoms with van der Waals surface area (Å²) in [6.07, 6.45) is 2.54. The van der Waals surface area contributed by atoms with Crippen molar-refractivity contribution in [2.75, 3.05) is 6.54 Å². The maximum Gasteiger partial charge on any atom is 0.117 e. The Labute approximate surface area is 122 Å². The first-order valence-corrected chi connectivity index (χ1v) is 7.35. The van der Waals surface area contributed by atoms with E-state index in [2.05, 4.69) is 40.3 Å². The summed E-state index contributed by atoms with van der Waals surface area (Å²) in [5.41, 5.74) is 7.81. The first kappa shape index (κ1) is 13.1. The second-order valence-electron chi connectivity index (χ2n) is 4.48. The molecule has 3 aromatic rings. The van der Waals surface area contributed by atoms with Crippen LogP contribution in [0.2, 0.25) is 0 Å². The third kappa shape index (κ3) is 2.81. The lowest BCUT2D eigenvalue weighted by Gasteiger charge is -2.05. The first-order chi connectivity index (χ1) is 9.86. The van der Waals surface area contributed by atoms with Crippen LogP contribution in [0.3, 0.4) is 0 Å². The normalized spacial score (nSPS) is 10.8. The summed E-state index contributed by atoms with van der Waals surface area (Å²) in [6, 6.07) is 16.5. The molecule has 0 unspecified atom stereocenters. The molecule has 2 N–H and O–H groups in total. The SMILES string of the molecule is NCCc1ccc(Sc2ncnc3ccccc23)cc1. The summed E-state index contributed by atoms with van der Waals surface area (Å²) < 4.78 is 0. The minimum Gasteiger partial charge on any atom is -0.330 e. The zero-order valence-electron chi connectivity index (χ0n) is 11.0. The van der Waals surface area contributed by atoms with Gasteiger partial charge in [-0.05, 0) is 36.7 Å². The van der Waals surface area contributed by atoms with Gasteiger partial charge >= 0.3 is 0 Å². The molecule has 0 saturated heterocycles. The van der Waals surface area contributed by atoms with Crippen LogP contribution in [0.5, 0.6) is 0 Å². The second-order valence-corrected chi connectivity index (χ2v) is 5.54. The number of nitrogens with two attached hydrogens (primary N) is 1. The van der Waals surface area contributed by atoms with Crippen LogP contribution in [0.4, 0.5) is 0 Å². The minimum atomic E-state index is 0.684. The number of hydrogen-bond acceptors (Lipinski definition) is 4. The van der Waals surface area contributed by atoms with E-state index in [9.17, 15) is 0 Å². The third-order valence-corrected chi connectivity index (χ3v) is 4.10. The molecule has 0 atom stereocenters. The lowest BCUT2D eigenvalue weighted by atomic mass is 10.2.